The summed E-state index contributed by atoms with van der Waals surface area (Å²) in [5.74, 6) is 1.62. The van der Waals surface area contributed by atoms with Crippen molar-refractivity contribution in [1.82, 2.24) is 0 Å². The van der Waals surface area contributed by atoms with Crippen LogP contribution in [0, 0.1) is 23.3 Å². The highest BCUT2D eigenvalue weighted by Gasteiger charge is 2.62. The molecule has 1 heterocycles. The minimum absolute atomic E-state index is 0.610. The summed E-state index contributed by atoms with van der Waals surface area (Å²) in [4.78, 5) is 4.41. The predicted octanol–water partition coefficient (Wildman–Crippen LogP) is 3.62. The van der Waals surface area contributed by atoms with Gasteiger partial charge in [-0.1, -0.05) is 35.8 Å². The third-order valence-electron chi connectivity index (χ3n) is 5.17. The van der Waals surface area contributed by atoms with Crippen LogP contribution in [0.1, 0.15) is 44.9 Å². The summed E-state index contributed by atoms with van der Waals surface area (Å²) < 4.78 is 0. The normalized spacial score (nSPS) is 46.5. The van der Waals surface area contributed by atoms with Crippen LogP contribution < -0.4 is 0 Å². The molecule has 0 bridgehead atoms. The third-order valence-corrected chi connectivity index (χ3v) is 5.17. The second kappa shape index (κ2) is 2.67. The van der Waals surface area contributed by atoms with Gasteiger partial charge in [-0.05, 0) is 25.2 Å². The number of fused-ring (bicyclic) bond motifs is 2. The molecular formula is C14H18N+. The van der Waals surface area contributed by atoms with E-state index in [0.717, 1.165) is 5.92 Å². The van der Waals surface area contributed by atoms with E-state index in [-0.39, 0.29) is 0 Å². The summed E-state index contributed by atoms with van der Waals surface area (Å²) in [5.41, 5.74) is 2.42. The zero-order chi connectivity index (χ0) is 9.88. The summed E-state index contributed by atoms with van der Waals surface area (Å²) >= 11 is 0. The molecule has 2 saturated carbocycles. The van der Waals surface area contributed by atoms with Crippen molar-refractivity contribution in [3.63, 3.8) is 0 Å². The van der Waals surface area contributed by atoms with Crippen LogP contribution in [0.15, 0.2) is 11.6 Å². The number of rotatable bonds is 1. The average Bonchev–Trinajstić information content (AvgIpc) is 2.98. The van der Waals surface area contributed by atoms with Gasteiger partial charge in [0.25, 0.3) is 12.1 Å². The number of allylic oxidation sites excluding steroid dienone is 1. The van der Waals surface area contributed by atoms with Crippen molar-refractivity contribution in [2.75, 3.05) is 0 Å². The van der Waals surface area contributed by atoms with E-state index in [1.54, 1.807) is 5.57 Å². The van der Waals surface area contributed by atoms with Crippen LogP contribution >= 0.6 is 0 Å². The van der Waals surface area contributed by atoms with Crippen LogP contribution in [-0.2, 0) is 0 Å². The van der Waals surface area contributed by atoms with E-state index < -0.39 is 0 Å². The molecule has 78 valence electrons. The van der Waals surface area contributed by atoms with Gasteiger partial charge in [-0.3, -0.25) is 0 Å². The van der Waals surface area contributed by atoms with Crippen LogP contribution in [-0.4, -0.2) is 6.04 Å². The minimum atomic E-state index is 0.610. The van der Waals surface area contributed by atoms with Crippen molar-refractivity contribution >= 4 is 0 Å². The SMILES string of the molecule is C1#[N+]C2CC3(C4CCCCC4)CC3=CC12. The van der Waals surface area contributed by atoms with Gasteiger partial charge in [-0.2, -0.15) is 0 Å². The van der Waals surface area contributed by atoms with E-state index in [4.69, 9.17) is 0 Å². The Balaban J connectivity index is 1.61. The first-order valence-corrected chi connectivity index (χ1v) is 6.55. The Morgan fingerprint density at radius 3 is 2.87 bits per heavy atom. The first kappa shape index (κ1) is 8.39. The lowest BCUT2D eigenvalue weighted by molar-refractivity contribution is 0.210. The van der Waals surface area contributed by atoms with E-state index in [2.05, 4.69) is 17.0 Å². The Bertz CT molecular complexity index is 391. The zero-order valence-corrected chi connectivity index (χ0v) is 9.21. The Labute approximate surface area is 91.4 Å². The molecule has 0 amide bonds. The molecule has 1 heteroatoms. The number of hydrogen-bond donors (Lipinski definition) is 0. The Hall–Kier alpha value is -0.770. The molecule has 0 saturated heterocycles. The van der Waals surface area contributed by atoms with Crippen molar-refractivity contribution < 1.29 is 0 Å². The fourth-order valence-corrected chi connectivity index (χ4v) is 4.13. The van der Waals surface area contributed by atoms with Gasteiger partial charge in [0.15, 0.2) is 5.92 Å². The van der Waals surface area contributed by atoms with Crippen molar-refractivity contribution in [1.29, 1.82) is 0 Å². The molecule has 4 aliphatic rings. The molecule has 1 aliphatic heterocycles. The average molecular weight is 200 g/mol. The maximum Gasteiger partial charge on any atom is 0.296 e. The summed E-state index contributed by atoms with van der Waals surface area (Å²) in [7, 11) is 0. The van der Waals surface area contributed by atoms with Crippen LogP contribution in [0.3, 0.4) is 0 Å². The van der Waals surface area contributed by atoms with Crippen LogP contribution in [0.25, 0.3) is 4.85 Å². The first-order valence-electron chi connectivity index (χ1n) is 6.55. The second-order valence-corrected chi connectivity index (χ2v) is 5.92. The molecule has 3 aliphatic carbocycles. The highest BCUT2D eigenvalue weighted by Crippen LogP contribution is 2.67. The Morgan fingerprint density at radius 2 is 2.13 bits per heavy atom. The van der Waals surface area contributed by atoms with Gasteiger partial charge in [0.1, 0.15) is 0 Å². The summed E-state index contributed by atoms with van der Waals surface area (Å²) in [6, 6.07) is 3.80. The summed E-state index contributed by atoms with van der Waals surface area (Å²) in [6.07, 6.45) is 12.7. The highest BCUT2D eigenvalue weighted by molar-refractivity contribution is 5.44. The smallest absolute Gasteiger partial charge is 0.0774 e. The highest BCUT2D eigenvalue weighted by atomic mass is 14.8. The molecule has 4 rings (SSSR count). The monoisotopic (exact) mass is 200 g/mol. The van der Waals surface area contributed by atoms with Gasteiger partial charge in [-0.15, -0.1) is 0 Å². The molecule has 3 atom stereocenters. The summed E-state index contributed by atoms with van der Waals surface area (Å²) in [5, 5.41) is 0. The topological polar surface area (TPSA) is 4.36 Å². The lowest BCUT2D eigenvalue weighted by Gasteiger charge is -2.32. The maximum absolute atomic E-state index is 4.41. The molecule has 0 aromatic carbocycles. The standard InChI is InChI=1S/C14H18N/c1-2-4-11(5-3-1)14-7-12(14)6-10-9-15-13(10)8-14/h6,10-11,13H,1-5,7-8H2/q+1. The predicted molar refractivity (Wildman–Crippen MR) is 60.9 cm³/mol. The molecule has 0 N–H and O–H groups in total. The van der Waals surface area contributed by atoms with Gasteiger partial charge in [-0.25, -0.2) is 0 Å². The molecule has 0 aromatic heterocycles. The zero-order valence-electron chi connectivity index (χ0n) is 9.21. The molecule has 0 spiro atoms. The van der Waals surface area contributed by atoms with E-state index in [0.29, 0.717) is 17.4 Å². The third kappa shape index (κ3) is 1.03. The largest absolute Gasteiger partial charge is 0.296 e. The molecule has 0 radical (unpaired) electrons. The van der Waals surface area contributed by atoms with Gasteiger partial charge in [0.05, 0.1) is 0 Å². The number of nitrogens with zero attached hydrogens (tertiary/aromatic N) is 1. The Kier molecular flexibility index (Phi) is 1.49. The number of hydrogen-bond acceptors (Lipinski definition) is 0. The van der Waals surface area contributed by atoms with Crippen molar-refractivity contribution in [2.45, 2.75) is 51.0 Å². The van der Waals surface area contributed by atoms with Gasteiger partial charge in [0.2, 0.25) is 0 Å². The lowest BCUT2D eigenvalue weighted by Crippen LogP contribution is -2.32. The van der Waals surface area contributed by atoms with Crippen molar-refractivity contribution in [3.8, 4) is 6.07 Å². The van der Waals surface area contributed by atoms with Gasteiger partial charge in [0, 0.05) is 11.8 Å². The molecule has 15 heavy (non-hydrogen) atoms. The van der Waals surface area contributed by atoms with Crippen LogP contribution in [0.2, 0.25) is 0 Å². The second-order valence-electron chi connectivity index (χ2n) is 5.92. The Morgan fingerprint density at radius 1 is 1.27 bits per heavy atom. The van der Waals surface area contributed by atoms with E-state index in [9.17, 15) is 0 Å². The van der Waals surface area contributed by atoms with Gasteiger partial charge >= 0.3 is 0 Å². The molecule has 1 nitrogen and oxygen atoms in total. The van der Waals surface area contributed by atoms with Crippen molar-refractivity contribution in [2.24, 2.45) is 17.3 Å². The minimum Gasteiger partial charge on any atom is -0.0774 e. The first-order chi connectivity index (χ1) is 7.38. The van der Waals surface area contributed by atoms with Crippen molar-refractivity contribution in [3.05, 3.63) is 16.5 Å². The maximum atomic E-state index is 4.41. The quantitative estimate of drug-likeness (QED) is 0.569. The molecule has 3 unspecified atom stereocenters. The van der Waals surface area contributed by atoms with E-state index in [1.807, 2.05) is 0 Å². The molecule has 0 aromatic rings. The molecule has 2 fully saturated rings. The lowest BCUT2D eigenvalue weighted by atomic mass is 9.70. The molecular weight excluding hydrogens is 182 g/mol. The van der Waals surface area contributed by atoms with E-state index in [1.165, 1.54) is 44.9 Å². The van der Waals surface area contributed by atoms with Crippen LogP contribution in [0.5, 0.6) is 0 Å². The van der Waals surface area contributed by atoms with Gasteiger partial charge < -0.3 is 0 Å². The van der Waals surface area contributed by atoms with Crippen LogP contribution in [0.4, 0.5) is 0 Å². The van der Waals surface area contributed by atoms with E-state index >= 15 is 0 Å². The fourth-order valence-electron chi connectivity index (χ4n) is 4.13. The summed E-state index contributed by atoms with van der Waals surface area (Å²) in [6.45, 7) is 0. The fraction of sp³-hybridized carbons (Fsp3) is 0.786.